The molecular weight excluding hydrogens is 328 g/mol. The van der Waals surface area contributed by atoms with Crippen LogP contribution in [0.4, 0.5) is 4.79 Å². The van der Waals surface area contributed by atoms with Gasteiger partial charge in [0.25, 0.3) is 0 Å². The SMILES string of the molecule is CC(C)(C)OC(=O)NCC(O)C(O)c1ccc(O)c(-c2ccno2)c1. The number of phenols is 1. The molecule has 0 saturated carbocycles. The van der Waals surface area contributed by atoms with Crippen LogP contribution in [0.1, 0.15) is 32.4 Å². The highest BCUT2D eigenvalue weighted by atomic mass is 16.6. The largest absolute Gasteiger partial charge is 0.507 e. The lowest BCUT2D eigenvalue weighted by Gasteiger charge is -2.22. The first-order chi connectivity index (χ1) is 11.7. The highest BCUT2D eigenvalue weighted by Gasteiger charge is 2.22. The maximum Gasteiger partial charge on any atom is 0.407 e. The molecule has 0 aliphatic heterocycles. The molecule has 1 amide bonds. The Morgan fingerprint density at radius 3 is 2.64 bits per heavy atom. The van der Waals surface area contributed by atoms with E-state index < -0.39 is 23.9 Å². The standard InChI is InChI=1S/C17H22N2O6/c1-17(2,3)24-16(23)18-9-13(21)15(22)10-4-5-12(20)11(8-10)14-6-7-19-25-14/h4-8,13,15,20-22H,9H2,1-3H3,(H,18,23). The first kappa shape index (κ1) is 18.8. The van der Waals surface area contributed by atoms with Crippen LogP contribution in [-0.4, -0.2) is 44.8 Å². The average molecular weight is 350 g/mol. The van der Waals surface area contributed by atoms with Crippen LogP contribution in [0.3, 0.4) is 0 Å². The van der Waals surface area contributed by atoms with Gasteiger partial charge in [-0.15, -0.1) is 0 Å². The lowest BCUT2D eigenvalue weighted by atomic mass is 10.00. The number of alkyl carbamates (subject to hydrolysis) is 1. The second-order valence-corrected chi connectivity index (χ2v) is 6.55. The van der Waals surface area contributed by atoms with Gasteiger partial charge in [0.05, 0.1) is 11.8 Å². The Bertz CT molecular complexity index is 708. The number of benzene rings is 1. The molecule has 8 nitrogen and oxygen atoms in total. The summed E-state index contributed by atoms with van der Waals surface area (Å²) in [5, 5.41) is 36.2. The molecule has 2 rings (SSSR count). The number of aromatic hydroxyl groups is 1. The van der Waals surface area contributed by atoms with Crippen molar-refractivity contribution in [3.8, 4) is 17.1 Å². The van der Waals surface area contributed by atoms with Gasteiger partial charge in [-0.05, 0) is 38.5 Å². The number of rotatable bonds is 5. The van der Waals surface area contributed by atoms with Crippen LogP contribution in [0, 0.1) is 0 Å². The van der Waals surface area contributed by atoms with Crippen molar-refractivity contribution >= 4 is 6.09 Å². The predicted octanol–water partition coefficient (Wildman–Crippen LogP) is 1.97. The van der Waals surface area contributed by atoms with Crippen LogP contribution < -0.4 is 5.32 Å². The Labute approximate surface area is 145 Å². The van der Waals surface area contributed by atoms with E-state index in [1.807, 2.05) is 0 Å². The molecule has 2 unspecified atom stereocenters. The monoisotopic (exact) mass is 350 g/mol. The third-order valence-electron chi connectivity index (χ3n) is 3.28. The van der Waals surface area contributed by atoms with E-state index in [9.17, 15) is 20.1 Å². The molecule has 1 aromatic heterocycles. The highest BCUT2D eigenvalue weighted by molar-refractivity contribution is 5.68. The van der Waals surface area contributed by atoms with E-state index >= 15 is 0 Å². The zero-order valence-corrected chi connectivity index (χ0v) is 14.3. The second-order valence-electron chi connectivity index (χ2n) is 6.55. The molecule has 0 aliphatic rings. The Kier molecular flexibility index (Phi) is 5.66. The number of ether oxygens (including phenoxy) is 1. The van der Waals surface area contributed by atoms with Crippen molar-refractivity contribution < 1.29 is 29.4 Å². The zero-order valence-electron chi connectivity index (χ0n) is 14.3. The molecule has 136 valence electrons. The van der Waals surface area contributed by atoms with Gasteiger partial charge in [-0.2, -0.15) is 0 Å². The number of hydrogen-bond acceptors (Lipinski definition) is 7. The van der Waals surface area contributed by atoms with Gasteiger partial charge >= 0.3 is 6.09 Å². The molecule has 0 aliphatic carbocycles. The van der Waals surface area contributed by atoms with E-state index in [2.05, 4.69) is 10.5 Å². The van der Waals surface area contributed by atoms with Crippen LogP contribution in [-0.2, 0) is 4.74 Å². The Hall–Kier alpha value is -2.58. The summed E-state index contributed by atoms with van der Waals surface area (Å²) in [5.74, 6) is 0.280. The van der Waals surface area contributed by atoms with Gasteiger partial charge < -0.3 is 29.9 Å². The minimum Gasteiger partial charge on any atom is -0.507 e. The Morgan fingerprint density at radius 1 is 1.32 bits per heavy atom. The van der Waals surface area contributed by atoms with Gasteiger partial charge in [0, 0.05) is 12.6 Å². The van der Waals surface area contributed by atoms with E-state index in [1.54, 1.807) is 26.8 Å². The van der Waals surface area contributed by atoms with Gasteiger partial charge in [-0.25, -0.2) is 4.79 Å². The molecule has 0 saturated heterocycles. The molecule has 1 heterocycles. The summed E-state index contributed by atoms with van der Waals surface area (Å²) in [6.07, 6.45) is -1.80. The van der Waals surface area contributed by atoms with Crippen LogP contribution in [0.15, 0.2) is 35.0 Å². The van der Waals surface area contributed by atoms with Crippen molar-refractivity contribution in [1.82, 2.24) is 10.5 Å². The third kappa shape index (κ3) is 5.20. The molecule has 0 spiro atoms. The van der Waals surface area contributed by atoms with Gasteiger partial charge in [-0.3, -0.25) is 0 Å². The number of aromatic nitrogens is 1. The van der Waals surface area contributed by atoms with E-state index in [4.69, 9.17) is 9.26 Å². The molecule has 25 heavy (non-hydrogen) atoms. The molecule has 0 radical (unpaired) electrons. The molecule has 2 aromatic rings. The highest BCUT2D eigenvalue weighted by Crippen LogP contribution is 2.32. The Morgan fingerprint density at radius 2 is 2.04 bits per heavy atom. The number of nitrogens with zero attached hydrogens (tertiary/aromatic N) is 1. The van der Waals surface area contributed by atoms with E-state index in [-0.39, 0.29) is 12.3 Å². The fourth-order valence-corrected chi connectivity index (χ4v) is 2.13. The molecule has 0 fully saturated rings. The molecule has 2 atom stereocenters. The maximum absolute atomic E-state index is 11.6. The fraction of sp³-hybridized carbons (Fsp3) is 0.412. The first-order valence-electron chi connectivity index (χ1n) is 7.74. The normalized spacial score (nSPS) is 14.0. The van der Waals surface area contributed by atoms with Crippen molar-refractivity contribution in [1.29, 1.82) is 0 Å². The summed E-state index contributed by atoms with van der Waals surface area (Å²) in [6.45, 7) is 4.96. The molecule has 0 bridgehead atoms. The summed E-state index contributed by atoms with van der Waals surface area (Å²) in [4.78, 5) is 11.6. The van der Waals surface area contributed by atoms with E-state index in [1.165, 1.54) is 24.4 Å². The van der Waals surface area contributed by atoms with E-state index in [0.717, 1.165) is 0 Å². The minimum absolute atomic E-state index is 0.0472. The van der Waals surface area contributed by atoms with Crippen molar-refractivity contribution in [3.63, 3.8) is 0 Å². The zero-order chi connectivity index (χ0) is 18.6. The van der Waals surface area contributed by atoms with Crippen molar-refractivity contribution in [2.75, 3.05) is 6.54 Å². The average Bonchev–Trinajstić information content (AvgIpc) is 3.05. The lowest BCUT2D eigenvalue weighted by Crippen LogP contribution is -2.38. The predicted molar refractivity (Wildman–Crippen MR) is 88.8 cm³/mol. The first-order valence-corrected chi connectivity index (χ1v) is 7.74. The lowest BCUT2D eigenvalue weighted by molar-refractivity contribution is 0.0129. The topological polar surface area (TPSA) is 125 Å². The number of carbonyl (C=O) groups excluding carboxylic acids is 1. The van der Waals surface area contributed by atoms with Gasteiger partial charge in [0.2, 0.25) is 0 Å². The van der Waals surface area contributed by atoms with Crippen LogP contribution in [0.5, 0.6) is 5.75 Å². The van der Waals surface area contributed by atoms with Gasteiger partial charge in [0.1, 0.15) is 23.6 Å². The number of carbonyl (C=O) groups is 1. The number of hydrogen-bond donors (Lipinski definition) is 4. The summed E-state index contributed by atoms with van der Waals surface area (Å²) in [6, 6.07) is 5.89. The van der Waals surface area contributed by atoms with Gasteiger partial charge in [-0.1, -0.05) is 11.2 Å². The van der Waals surface area contributed by atoms with E-state index in [0.29, 0.717) is 16.9 Å². The summed E-state index contributed by atoms with van der Waals surface area (Å²) in [7, 11) is 0. The minimum atomic E-state index is -1.28. The number of nitrogens with one attached hydrogen (secondary N) is 1. The Balaban J connectivity index is 2.03. The van der Waals surface area contributed by atoms with Crippen molar-refractivity contribution in [2.24, 2.45) is 0 Å². The van der Waals surface area contributed by atoms with Gasteiger partial charge in [0.15, 0.2) is 5.76 Å². The smallest absolute Gasteiger partial charge is 0.407 e. The van der Waals surface area contributed by atoms with Crippen LogP contribution in [0.25, 0.3) is 11.3 Å². The van der Waals surface area contributed by atoms with Crippen molar-refractivity contribution in [3.05, 3.63) is 36.0 Å². The molecular formula is C17H22N2O6. The van der Waals surface area contributed by atoms with Crippen LogP contribution in [0.2, 0.25) is 0 Å². The molecule has 1 aromatic carbocycles. The molecule has 4 N–H and O–H groups in total. The maximum atomic E-state index is 11.6. The number of phenolic OH excluding ortho intramolecular Hbond substituents is 1. The third-order valence-corrected chi connectivity index (χ3v) is 3.28. The van der Waals surface area contributed by atoms with Crippen molar-refractivity contribution in [2.45, 2.75) is 38.6 Å². The number of aliphatic hydroxyl groups excluding tert-OH is 2. The summed E-state index contributed by atoms with van der Waals surface area (Å²) in [5.41, 5.74) is 0.0281. The number of amides is 1. The second kappa shape index (κ2) is 7.54. The fourth-order valence-electron chi connectivity index (χ4n) is 2.13. The number of aliphatic hydroxyl groups is 2. The molecule has 8 heteroatoms. The summed E-state index contributed by atoms with van der Waals surface area (Å²) < 4.78 is 10.1. The quantitative estimate of drug-likeness (QED) is 0.649. The summed E-state index contributed by atoms with van der Waals surface area (Å²) >= 11 is 0. The van der Waals surface area contributed by atoms with Crippen LogP contribution >= 0.6 is 0 Å².